The summed E-state index contributed by atoms with van der Waals surface area (Å²) in [6.07, 6.45) is 2.04. The number of benzene rings is 1. The van der Waals surface area contributed by atoms with Crippen molar-refractivity contribution in [2.75, 3.05) is 53.4 Å². The van der Waals surface area contributed by atoms with Gasteiger partial charge < -0.3 is 29.2 Å². The van der Waals surface area contributed by atoms with E-state index in [-0.39, 0.29) is 0 Å². The third kappa shape index (κ3) is 6.01. The fourth-order valence-electron chi connectivity index (χ4n) is 3.17. The molecule has 7 heteroatoms. The lowest BCUT2D eigenvalue weighted by Crippen LogP contribution is -2.38. The average molecular weight is 377 g/mol. The highest BCUT2D eigenvalue weighted by molar-refractivity contribution is 5.79. The average Bonchev–Trinajstić information content (AvgIpc) is 3.34. The predicted molar refractivity (Wildman–Crippen MR) is 104 cm³/mol. The molecule has 1 fully saturated rings. The Morgan fingerprint density at radius 2 is 2.22 bits per heavy atom. The Kier molecular flexibility index (Phi) is 7.59. The third-order valence-corrected chi connectivity index (χ3v) is 4.64. The maximum atomic E-state index is 5.75. The molecule has 0 saturated carbocycles. The van der Waals surface area contributed by atoms with E-state index in [4.69, 9.17) is 23.9 Å². The van der Waals surface area contributed by atoms with E-state index in [2.05, 4.69) is 23.2 Å². The highest BCUT2D eigenvalue weighted by atomic mass is 16.7. The summed E-state index contributed by atoms with van der Waals surface area (Å²) in [6, 6.07) is 6.05. The minimum atomic E-state index is 0.300. The first-order chi connectivity index (χ1) is 13.3. The summed E-state index contributed by atoms with van der Waals surface area (Å²) >= 11 is 0. The summed E-state index contributed by atoms with van der Waals surface area (Å²) in [7, 11) is 2.04. The zero-order valence-corrected chi connectivity index (χ0v) is 16.4. The molecule has 3 rings (SSSR count). The number of aliphatic imine (C=N–C) groups is 1. The number of fused-ring (bicyclic) bond motifs is 1. The van der Waals surface area contributed by atoms with Gasteiger partial charge in [0.2, 0.25) is 6.79 Å². The van der Waals surface area contributed by atoms with Crippen molar-refractivity contribution >= 4 is 5.96 Å². The van der Waals surface area contributed by atoms with Crippen molar-refractivity contribution in [1.29, 1.82) is 0 Å². The number of guanidine groups is 1. The first kappa shape index (κ1) is 19.8. The quantitative estimate of drug-likeness (QED) is 0.405. The minimum absolute atomic E-state index is 0.300. The molecule has 0 amide bonds. The van der Waals surface area contributed by atoms with Gasteiger partial charge in [0, 0.05) is 45.8 Å². The monoisotopic (exact) mass is 377 g/mol. The van der Waals surface area contributed by atoms with E-state index < -0.39 is 0 Å². The fourth-order valence-corrected chi connectivity index (χ4v) is 3.17. The molecule has 7 nitrogen and oxygen atoms in total. The Hall–Kier alpha value is -1.99. The summed E-state index contributed by atoms with van der Waals surface area (Å²) in [6.45, 7) is 7.97. The zero-order valence-electron chi connectivity index (χ0n) is 16.4. The molecule has 0 bridgehead atoms. The second-order valence-electron chi connectivity index (χ2n) is 6.94. The van der Waals surface area contributed by atoms with Gasteiger partial charge in [0.1, 0.15) is 0 Å². The van der Waals surface area contributed by atoms with Crippen molar-refractivity contribution in [3.8, 4) is 11.5 Å². The summed E-state index contributed by atoms with van der Waals surface area (Å²) < 4.78 is 21.9. The summed E-state index contributed by atoms with van der Waals surface area (Å²) in [5.74, 6) is 3.09. The van der Waals surface area contributed by atoms with Gasteiger partial charge in [-0.2, -0.15) is 0 Å². The van der Waals surface area contributed by atoms with Gasteiger partial charge in [-0.1, -0.05) is 6.07 Å². The molecule has 1 aromatic rings. The highest BCUT2D eigenvalue weighted by Gasteiger charge is 2.16. The maximum absolute atomic E-state index is 5.75. The summed E-state index contributed by atoms with van der Waals surface area (Å²) in [5, 5.41) is 3.35. The molecule has 0 spiro atoms. The van der Waals surface area contributed by atoms with Crippen LogP contribution in [0.4, 0.5) is 0 Å². The van der Waals surface area contributed by atoms with Crippen molar-refractivity contribution < 1.29 is 18.9 Å². The third-order valence-electron chi connectivity index (χ3n) is 4.64. The Balaban J connectivity index is 1.42. The molecule has 0 aromatic heterocycles. The Morgan fingerprint density at radius 3 is 3.04 bits per heavy atom. The second-order valence-corrected chi connectivity index (χ2v) is 6.94. The topological polar surface area (TPSA) is 64.6 Å². The van der Waals surface area contributed by atoms with Crippen LogP contribution in [0, 0.1) is 5.92 Å². The normalized spacial score (nSPS) is 18.7. The van der Waals surface area contributed by atoms with Gasteiger partial charge in [0.05, 0.1) is 13.2 Å². The zero-order chi connectivity index (χ0) is 18.9. The molecule has 2 heterocycles. The van der Waals surface area contributed by atoms with E-state index in [1.165, 1.54) is 0 Å². The van der Waals surface area contributed by atoms with Crippen LogP contribution in [0.15, 0.2) is 23.2 Å². The SMILES string of the molecule is CCNC(=NCCCOCC1CCOC1)N(C)Cc1ccc2c(c1)OCO2. The molecular formula is C20H31N3O4. The molecular weight excluding hydrogens is 346 g/mol. The number of hydrogen-bond donors (Lipinski definition) is 1. The number of rotatable bonds is 9. The van der Waals surface area contributed by atoms with E-state index >= 15 is 0 Å². The largest absolute Gasteiger partial charge is 0.454 e. The predicted octanol–water partition coefficient (Wildman–Crippen LogP) is 2.26. The molecule has 2 aliphatic heterocycles. The van der Waals surface area contributed by atoms with Gasteiger partial charge in [0.15, 0.2) is 17.5 Å². The van der Waals surface area contributed by atoms with Crippen LogP contribution in [0.25, 0.3) is 0 Å². The van der Waals surface area contributed by atoms with Crippen molar-refractivity contribution in [1.82, 2.24) is 10.2 Å². The van der Waals surface area contributed by atoms with Crippen LogP contribution in [0.5, 0.6) is 11.5 Å². The van der Waals surface area contributed by atoms with Crippen molar-refractivity contribution in [2.45, 2.75) is 26.3 Å². The number of nitrogens with one attached hydrogen (secondary N) is 1. The van der Waals surface area contributed by atoms with Crippen LogP contribution in [-0.2, 0) is 16.0 Å². The van der Waals surface area contributed by atoms with Gasteiger partial charge in [-0.3, -0.25) is 4.99 Å². The molecule has 1 atom stereocenters. The Bertz CT molecular complexity index is 617. The van der Waals surface area contributed by atoms with Crippen LogP contribution < -0.4 is 14.8 Å². The van der Waals surface area contributed by atoms with Gasteiger partial charge >= 0.3 is 0 Å². The van der Waals surface area contributed by atoms with E-state index in [0.717, 1.165) is 81.9 Å². The van der Waals surface area contributed by atoms with Crippen molar-refractivity contribution in [3.05, 3.63) is 23.8 Å². The Morgan fingerprint density at radius 1 is 1.33 bits per heavy atom. The molecule has 27 heavy (non-hydrogen) atoms. The first-order valence-electron chi connectivity index (χ1n) is 9.79. The number of nitrogens with zero attached hydrogens (tertiary/aromatic N) is 2. The van der Waals surface area contributed by atoms with Gasteiger partial charge in [-0.05, 0) is 37.5 Å². The summed E-state index contributed by atoms with van der Waals surface area (Å²) in [4.78, 5) is 6.84. The van der Waals surface area contributed by atoms with E-state index in [1.807, 2.05) is 19.2 Å². The number of ether oxygens (including phenoxy) is 4. The smallest absolute Gasteiger partial charge is 0.231 e. The van der Waals surface area contributed by atoms with Crippen molar-refractivity contribution in [2.24, 2.45) is 10.9 Å². The van der Waals surface area contributed by atoms with Crippen LogP contribution in [0.3, 0.4) is 0 Å². The lowest BCUT2D eigenvalue weighted by molar-refractivity contribution is 0.0893. The van der Waals surface area contributed by atoms with Gasteiger partial charge in [0.25, 0.3) is 0 Å². The van der Waals surface area contributed by atoms with Gasteiger partial charge in [-0.25, -0.2) is 0 Å². The van der Waals surface area contributed by atoms with E-state index in [9.17, 15) is 0 Å². The van der Waals surface area contributed by atoms with Crippen molar-refractivity contribution in [3.63, 3.8) is 0 Å². The molecule has 150 valence electrons. The lowest BCUT2D eigenvalue weighted by Gasteiger charge is -2.22. The molecule has 1 unspecified atom stereocenters. The van der Waals surface area contributed by atoms with Crippen LogP contribution in [-0.4, -0.2) is 64.2 Å². The Labute approximate surface area is 161 Å². The van der Waals surface area contributed by atoms with Crippen LogP contribution >= 0.6 is 0 Å². The number of hydrogen-bond acceptors (Lipinski definition) is 5. The molecule has 2 aliphatic rings. The second kappa shape index (κ2) is 10.4. The summed E-state index contributed by atoms with van der Waals surface area (Å²) in [5.41, 5.74) is 1.16. The van der Waals surface area contributed by atoms with E-state index in [0.29, 0.717) is 12.7 Å². The molecule has 1 saturated heterocycles. The van der Waals surface area contributed by atoms with Crippen LogP contribution in [0.1, 0.15) is 25.3 Å². The van der Waals surface area contributed by atoms with E-state index in [1.54, 1.807) is 0 Å². The first-order valence-corrected chi connectivity index (χ1v) is 9.79. The van der Waals surface area contributed by atoms with Crippen LogP contribution in [0.2, 0.25) is 0 Å². The molecule has 1 N–H and O–H groups in total. The molecule has 0 aliphatic carbocycles. The molecule has 0 radical (unpaired) electrons. The standard InChI is InChI=1S/C20H31N3O4/c1-3-21-20(22-8-4-9-24-13-17-7-10-25-14-17)23(2)12-16-5-6-18-19(11-16)27-15-26-18/h5-6,11,17H,3-4,7-10,12-15H2,1-2H3,(H,21,22). The highest BCUT2D eigenvalue weighted by Crippen LogP contribution is 2.32. The lowest BCUT2D eigenvalue weighted by atomic mass is 10.1. The van der Waals surface area contributed by atoms with Gasteiger partial charge in [-0.15, -0.1) is 0 Å². The fraction of sp³-hybridized carbons (Fsp3) is 0.650. The maximum Gasteiger partial charge on any atom is 0.231 e. The minimum Gasteiger partial charge on any atom is -0.454 e. The molecule has 1 aromatic carbocycles.